The van der Waals surface area contributed by atoms with Crippen LogP contribution in [0.25, 0.3) is 0 Å². The van der Waals surface area contributed by atoms with Crippen molar-refractivity contribution in [1.82, 2.24) is 15.1 Å². The van der Waals surface area contributed by atoms with Crippen molar-refractivity contribution < 1.29 is 4.79 Å². The van der Waals surface area contributed by atoms with E-state index < -0.39 is 5.41 Å². The van der Waals surface area contributed by atoms with Gasteiger partial charge in [-0.3, -0.25) is 4.79 Å². The van der Waals surface area contributed by atoms with Crippen molar-refractivity contribution in [3.05, 3.63) is 71.8 Å². The topological polar surface area (TPSA) is 35.6 Å². The first-order chi connectivity index (χ1) is 14.0. The van der Waals surface area contributed by atoms with E-state index in [0.717, 1.165) is 37.2 Å². The van der Waals surface area contributed by atoms with Gasteiger partial charge in [0.15, 0.2) is 0 Å². The lowest BCUT2D eigenvalue weighted by atomic mass is 9.69. The number of carbonyl (C=O) groups is 1. The maximum absolute atomic E-state index is 13.8. The van der Waals surface area contributed by atoms with Crippen molar-refractivity contribution in [1.29, 1.82) is 0 Å². The summed E-state index contributed by atoms with van der Waals surface area (Å²) in [5.74, 6) is 0.0998. The van der Waals surface area contributed by atoms with Crippen molar-refractivity contribution in [2.75, 3.05) is 40.3 Å². The quantitative estimate of drug-likeness (QED) is 0.596. The molecule has 0 aliphatic carbocycles. The molecule has 2 aromatic carbocycles. The molecule has 0 aromatic heterocycles. The zero-order valence-electron chi connectivity index (χ0n) is 18.9. The van der Waals surface area contributed by atoms with Crippen LogP contribution >= 0.6 is 24.8 Å². The van der Waals surface area contributed by atoms with E-state index in [0.29, 0.717) is 6.54 Å². The lowest BCUT2D eigenvalue weighted by Crippen LogP contribution is -2.50. The standard InChI is InChI=1S/C25H35N3O.2ClH/c1-21(27(2)3)20-25(22-12-6-4-7-13-22,23-14-8-5-9-15-23)24(29)26-16-19-28-17-10-11-18-28;;/h4-9,12-15,21H,10-11,16-20H2,1-3H3,(H,26,29);2*1H. The molecule has 1 atom stereocenters. The molecule has 3 rings (SSSR count). The van der Waals surface area contributed by atoms with Crippen molar-refractivity contribution in [2.24, 2.45) is 0 Å². The number of hydrogen-bond acceptors (Lipinski definition) is 3. The van der Waals surface area contributed by atoms with Gasteiger partial charge in [0, 0.05) is 19.1 Å². The largest absolute Gasteiger partial charge is 0.354 e. The van der Waals surface area contributed by atoms with Gasteiger partial charge in [0.05, 0.1) is 0 Å². The third-order valence-electron chi connectivity index (χ3n) is 6.32. The highest BCUT2D eigenvalue weighted by Gasteiger charge is 2.43. The predicted octanol–water partition coefficient (Wildman–Crippen LogP) is 4.37. The average Bonchev–Trinajstić information content (AvgIpc) is 3.26. The average molecular weight is 466 g/mol. The number of rotatable bonds is 9. The van der Waals surface area contributed by atoms with E-state index in [9.17, 15) is 4.79 Å². The van der Waals surface area contributed by atoms with Crippen molar-refractivity contribution in [3.8, 4) is 0 Å². The van der Waals surface area contributed by atoms with Crippen LogP contribution in [-0.2, 0) is 10.2 Å². The maximum atomic E-state index is 13.8. The summed E-state index contributed by atoms with van der Waals surface area (Å²) < 4.78 is 0. The summed E-state index contributed by atoms with van der Waals surface area (Å²) in [6, 6.07) is 20.8. The van der Waals surface area contributed by atoms with Crippen LogP contribution in [0.5, 0.6) is 0 Å². The molecule has 0 spiro atoms. The first-order valence-electron chi connectivity index (χ1n) is 10.8. The Morgan fingerprint density at radius 3 is 1.90 bits per heavy atom. The number of carbonyl (C=O) groups excluding carboxylic acids is 1. The molecular weight excluding hydrogens is 429 g/mol. The molecule has 31 heavy (non-hydrogen) atoms. The summed E-state index contributed by atoms with van der Waals surface area (Å²) in [5, 5.41) is 3.29. The third kappa shape index (κ3) is 6.69. The van der Waals surface area contributed by atoms with E-state index in [-0.39, 0.29) is 36.8 Å². The molecule has 0 radical (unpaired) electrons. The van der Waals surface area contributed by atoms with E-state index in [2.05, 4.69) is 60.4 Å². The Kier molecular flexibility index (Phi) is 11.6. The van der Waals surface area contributed by atoms with Gasteiger partial charge in [-0.15, -0.1) is 24.8 Å². The van der Waals surface area contributed by atoms with Crippen molar-refractivity contribution in [3.63, 3.8) is 0 Å². The molecule has 1 unspecified atom stereocenters. The van der Waals surface area contributed by atoms with Crippen LogP contribution in [0.15, 0.2) is 60.7 Å². The van der Waals surface area contributed by atoms with Gasteiger partial charge >= 0.3 is 0 Å². The number of hydrogen-bond donors (Lipinski definition) is 1. The Morgan fingerprint density at radius 2 is 1.45 bits per heavy atom. The summed E-state index contributed by atoms with van der Waals surface area (Å²) in [7, 11) is 4.16. The molecule has 4 nitrogen and oxygen atoms in total. The van der Waals surface area contributed by atoms with Gasteiger partial charge in [-0.25, -0.2) is 0 Å². The van der Waals surface area contributed by atoms with Gasteiger partial charge in [-0.2, -0.15) is 0 Å². The second kappa shape index (κ2) is 13.1. The molecular formula is C25H37Cl2N3O. The summed E-state index contributed by atoms with van der Waals surface area (Å²) in [5.41, 5.74) is 1.40. The van der Waals surface area contributed by atoms with Crippen LogP contribution in [-0.4, -0.2) is 62.0 Å². The highest BCUT2D eigenvalue weighted by atomic mass is 35.5. The van der Waals surface area contributed by atoms with Gasteiger partial charge in [-0.05, 0) is 64.5 Å². The molecule has 1 amide bonds. The fourth-order valence-corrected chi connectivity index (χ4v) is 4.31. The lowest BCUT2D eigenvalue weighted by molar-refractivity contribution is -0.126. The Morgan fingerprint density at radius 1 is 0.968 bits per heavy atom. The monoisotopic (exact) mass is 465 g/mol. The van der Waals surface area contributed by atoms with Gasteiger partial charge in [0.1, 0.15) is 5.41 Å². The number of benzene rings is 2. The molecule has 1 aliphatic rings. The smallest absolute Gasteiger partial charge is 0.235 e. The van der Waals surface area contributed by atoms with Crippen LogP contribution < -0.4 is 5.32 Å². The minimum atomic E-state index is -0.711. The van der Waals surface area contributed by atoms with Gasteiger partial charge in [-0.1, -0.05) is 60.7 Å². The molecule has 1 N–H and O–H groups in total. The normalized spacial score (nSPS) is 15.1. The third-order valence-corrected chi connectivity index (χ3v) is 6.32. The SMILES string of the molecule is CC(CC(C(=O)NCCN1CCCC1)(c1ccccc1)c1ccccc1)N(C)C.Cl.Cl. The van der Waals surface area contributed by atoms with Crippen LogP contribution in [0.4, 0.5) is 0 Å². The molecule has 1 saturated heterocycles. The minimum absolute atomic E-state index is 0. The van der Waals surface area contributed by atoms with Crippen molar-refractivity contribution in [2.45, 2.75) is 37.6 Å². The number of halogens is 2. The van der Waals surface area contributed by atoms with E-state index in [1.165, 1.54) is 12.8 Å². The summed E-state index contributed by atoms with van der Waals surface area (Å²) in [4.78, 5) is 18.5. The summed E-state index contributed by atoms with van der Waals surface area (Å²) in [6.07, 6.45) is 3.27. The molecule has 2 aromatic rings. The Balaban J connectivity index is 0.00000240. The summed E-state index contributed by atoms with van der Waals surface area (Å²) in [6.45, 7) is 6.11. The zero-order chi connectivity index (χ0) is 20.7. The molecule has 1 heterocycles. The molecule has 1 aliphatic heterocycles. The van der Waals surface area contributed by atoms with Gasteiger partial charge in [0.2, 0.25) is 5.91 Å². The highest BCUT2D eigenvalue weighted by Crippen LogP contribution is 2.38. The Labute approximate surface area is 200 Å². The minimum Gasteiger partial charge on any atom is -0.354 e. The van der Waals surface area contributed by atoms with Crippen molar-refractivity contribution >= 4 is 30.7 Å². The second-order valence-corrected chi connectivity index (χ2v) is 8.46. The Hall–Kier alpha value is -1.59. The van der Waals surface area contributed by atoms with E-state index in [4.69, 9.17) is 0 Å². The van der Waals surface area contributed by atoms with E-state index in [1.807, 2.05) is 36.4 Å². The maximum Gasteiger partial charge on any atom is 0.235 e. The zero-order valence-corrected chi connectivity index (χ0v) is 20.6. The molecule has 0 saturated carbocycles. The first-order valence-corrected chi connectivity index (χ1v) is 10.8. The molecule has 6 heteroatoms. The van der Waals surface area contributed by atoms with Gasteiger partial charge in [0.25, 0.3) is 0 Å². The summed E-state index contributed by atoms with van der Waals surface area (Å²) >= 11 is 0. The molecule has 0 bridgehead atoms. The first kappa shape index (κ1) is 27.4. The second-order valence-electron chi connectivity index (χ2n) is 8.46. The molecule has 172 valence electrons. The van der Waals surface area contributed by atoms with Crippen LogP contribution in [0.2, 0.25) is 0 Å². The fraction of sp³-hybridized carbons (Fsp3) is 0.480. The van der Waals surface area contributed by atoms with Gasteiger partial charge < -0.3 is 15.1 Å². The number of nitrogens with zero attached hydrogens (tertiary/aromatic N) is 2. The molecule has 1 fully saturated rings. The van der Waals surface area contributed by atoms with Crippen LogP contribution in [0.1, 0.15) is 37.3 Å². The lowest BCUT2D eigenvalue weighted by Gasteiger charge is -2.37. The van der Waals surface area contributed by atoms with E-state index >= 15 is 0 Å². The number of amides is 1. The Bertz CT molecular complexity index is 725. The number of nitrogens with one attached hydrogen (secondary N) is 1. The van der Waals surface area contributed by atoms with E-state index in [1.54, 1.807) is 0 Å². The highest BCUT2D eigenvalue weighted by molar-refractivity contribution is 5.92. The predicted molar refractivity (Wildman–Crippen MR) is 135 cm³/mol. The number of likely N-dealkylation sites (tertiary alicyclic amines) is 1. The fourth-order valence-electron chi connectivity index (χ4n) is 4.31. The van der Waals surface area contributed by atoms with Crippen LogP contribution in [0, 0.1) is 0 Å². The van der Waals surface area contributed by atoms with Crippen LogP contribution in [0.3, 0.4) is 0 Å².